The van der Waals surface area contributed by atoms with Gasteiger partial charge in [-0.1, -0.05) is 29.8 Å². The Balaban J connectivity index is 2.07. The molecule has 2 aromatic heterocycles. The standard InChI is InChI=1S/C14H14ClN3S/c1-2-18-14(10(15)8-17-18)13(16)12-7-9-5-3-4-6-11(9)19-12/h3-8,13H,2,16H2,1H3. The molecular formula is C14H14ClN3S. The Kier molecular flexibility index (Phi) is 3.31. The molecule has 19 heavy (non-hydrogen) atoms. The van der Waals surface area contributed by atoms with Crippen molar-refractivity contribution in [2.75, 3.05) is 0 Å². The average Bonchev–Trinajstić information content (AvgIpc) is 3.01. The van der Waals surface area contributed by atoms with E-state index < -0.39 is 0 Å². The summed E-state index contributed by atoms with van der Waals surface area (Å²) in [6.07, 6.45) is 1.66. The molecule has 0 radical (unpaired) electrons. The Labute approximate surface area is 120 Å². The van der Waals surface area contributed by atoms with Crippen LogP contribution in [0.5, 0.6) is 0 Å². The smallest absolute Gasteiger partial charge is 0.0837 e. The molecule has 1 aromatic carbocycles. The topological polar surface area (TPSA) is 43.8 Å². The predicted octanol–water partition coefficient (Wildman–Crippen LogP) is 3.82. The molecule has 3 aromatic rings. The van der Waals surface area contributed by atoms with E-state index in [9.17, 15) is 0 Å². The van der Waals surface area contributed by atoms with E-state index in [0.717, 1.165) is 17.1 Å². The van der Waals surface area contributed by atoms with Gasteiger partial charge in [-0.3, -0.25) is 4.68 Å². The van der Waals surface area contributed by atoms with E-state index >= 15 is 0 Å². The van der Waals surface area contributed by atoms with Crippen molar-refractivity contribution in [3.05, 3.63) is 52.1 Å². The molecular weight excluding hydrogens is 278 g/mol. The second kappa shape index (κ2) is 4.96. The molecule has 0 saturated heterocycles. The van der Waals surface area contributed by atoms with Crippen molar-refractivity contribution in [2.24, 2.45) is 5.73 Å². The summed E-state index contributed by atoms with van der Waals surface area (Å²) in [4.78, 5) is 1.11. The third kappa shape index (κ3) is 2.16. The summed E-state index contributed by atoms with van der Waals surface area (Å²) in [6, 6.07) is 10.2. The number of fused-ring (bicyclic) bond motifs is 1. The molecule has 5 heteroatoms. The Morgan fingerprint density at radius 2 is 2.21 bits per heavy atom. The predicted molar refractivity (Wildman–Crippen MR) is 80.8 cm³/mol. The molecule has 1 unspecified atom stereocenters. The van der Waals surface area contributed by atoms with Crippen LogP contribution in [0, 0.1) is 0 Å². The zero-order valence-electron chi connectivity index (χ0n) is 10.5. The number of nitrogens with zero attached hydrogens (tertiary/aromatic N) is 2. The second-order valence-electron chi connectivity index (χ2n) is 4.36. The first-order valence-corrected chi connectivity index (χ1v) is 7.35. The fourth-order valence-electron chi connectivity index (χ4n) is 2.22. The van der Waals surface area contributed by atoms with E-state index in [4.69, 9.17) is 17.3 Å². The van der Waals surface area contributed by atoms with E-state index in [1.165, 1.54) is 10.1 Å². The van der Waals surface area contributed by atoms with Crippen LogP contribution in [-0.4, -0.2) is 9.78 Å². The molecule has 2 heterocycles. The van der Waals surface area contributed by atoms with Crippen LogP contribution in [0.25, 0.3) is 10.1 Å². The van der Waals surface area contributed by atoms with Gasteiger partial charge in [0.2, 0.25) is 0 Å². The lowest BCUT2D eigenvalue weighted by molar-refractivity contribution is 0.603. The molecule has 0 fully saturated rings. The van der Waals surface area contributed by atoms with Crippen molar-refractivity contribution in [1.82, 2.24) is 9.78 Å². The Hall–Kier alpha value is -1.36. The summed E-state index contributed by atoms with van der Waals surface area (Å²) in [7, 11) is 0. The van der Waals surface area contributed by atoms with Crippen molar-refractivity contribution >= 4 is 33.0 Å². The van der Waals surface area contributed by atoms with E-state index in [0.29, 0.717) is 5.02 Å². The summed E-state index contributed by atoms with van der Waals surface area (Å²) < 4.78 is 3.10. The van der Waals surface area contributed by atoms with Crippen LogP contribution >= 0.6 is 22.9 Å². The monoisotopic (exact) mass is 291 g/mol. The van der Waals surface area contributed by atoms with Gasteiger partial charge >= 0.3 is 0 Å². The maximum Gasteiger partial charge on any atom is 0.0837 e. The number of hydrogen-bond donors (Lipinski definition) is 1. The number of hydrogen-bond acceptors (Lipinski definition) is 3. The van der Waals surface area contributed by atoms with Crippen LogP contribution in [-0.2, 0) is 6.54 Å². The highest BCUT2D eigenvalue weighted by atomic mass is 35.5. The van der Waals surface area contributed by atoms with Crippen molar-refractivity contribution in [1.29, 1.82) is 0 Å². The summed E-state index contributed by atoms with van der Waals surface area (Å²) in [5, 5.41) is 6.09. The van der Waals surface area contributed by atoms with Crippen molar-refractivity contribution in [2.45, 2.75) is 19.5 Å². The number of benzene rings is 1. The first kappa shape index (κ1) is 12.7. The summed E-state index contributed by atoms with van der Waals surface area (Å²) in [6.45, 7) is 2.80. The molecule has 0 spiro atoms. The molecule has 98 valence electrons. The first-order valence-electron chi connectivity index (χ1n) is 6.16. The van der Waals surface area contributed by atoms with Crippen LogP contribution in [0.2, 0.25) is 5.02 Å². The van der Waals surface area contributed by atoms with Crippen LogP contribution in [0.1, 0.15) is 23.5 Å². The lowest BCUT2D eigenvalue weighted by Gasteiger charge is -2.12. The number of thiophene rings is 1. The molecule has 2 N–H and O–H groups in total. The van der Waals surface area contributed by atoms with Crippen molar-refractivity contribution < 1.29 is 0 Å². The minimum atomic E-state index is -0.229. The minimum absolute atomic E-state index is 0.229. The van der Waals surface area contributed by atoms with Crippen LogP contribution in [0.3, 0.4) is 0 Å². The van der Waals surface area contributed by atoms with Crippen molar-refractivity contribution in [3.63, 3.8) is 0 Å². The number of rotatable bonds is 3. The molecule has 3 rings (SSSR count). The number of aromatic nitrogens is 2. The largest absolute Gasteiger partial charge is 0.318 e. The molecule has 3 nitrogen and oxygen atoms in total. The van der Waals surface area contributed by atoms with Crippen LogP contribution < -0.4 is 5.73 Å². The highest BCUT2D eigenvalue weighted by Gasteiger charge is 2.19. The first-order chi connectivity index (χ1) is 9.20. The van der Waals surface area contributed by atoms with Crippen LogP contribution in [0.4, 0.5) is 0 Å². The molecule has 0 saturated carbocycles. The van der Waals surface area contributed by atoms with Gasteiger partial charge in [0.1, 0.15) is 0 Å². The minimum Gasteiger partial charge on any atom is -0.318 e. The number of aryl methyl sites for hydroxylation is 1. The van der Waals surface area contributed by atoms with E-state index in [-0.39, 0.29) is 6.04 Å². The zero-order valence-corrected chi connectivity index (χ0v) is 12.1. The summed E-state index contributed by atoms with van der Waals surface area (Å²) in [5.41, 5.74) is 7.25. The quantitative estimate of drug-likeness (QED) is 0.797. The molecule has 0 amide bonds. The van der Waals surface area contributed by atoms with E-state index in [1.807, 2.05) is 23.7 Å². The molecule has 0 aliphatic rings. The highest BCUT2D eigenvalue weighted by Crippen LogP contribution is 2.34. The van der Waals surface area contributed by atoms with Gasteiger partial charge in [0, 0.05) is 16.1 Å². The SMILES string of the molecule is CCn1ncc(Cl)c1C(N)c1cc2ccccc2s1. The third-order valence-electron chi connectivity index (χ3n) is 3.18. The van der Waals surface area contributed by atoms with Gasteiger partial charge in [0.05, 0.1) is 23.0 Å². The van der Waals surface area contributed by atoms with Gasteiger partial charge in [-0.2, -0.15) is 5.10 Å². The van der Waals surface area contributed by atoms with Crippen molar-refractivity contribution in [3.8, 4) is 0 Å². The zero-order chi connectivity index (χ0) is 13.4. The van der Waals surface area contributed by atoms with Crippen LogP contribution in [0.15, 0.2) is 36.5 Å². The fourth-order valence-corrected chi connectivity index (χ4v) is 3.55. The molecule has 0 aliphatic heterocycles. The van der Waals surface area contributed by atoms with Gasteiger partial charge in [-0.15, -0.1) is 11.3 Å². The number of halogens is 1. The van der Waals surface area contributed by atoms with E-state index in [2.05, 4.69) is 23.3 Å². The molecule has 0 bridgehead atoms. The highest BCUT2D eigenvalue weighted by molar-refractivity contribution is 7.19. The van der Waals surface area contributed by atoms with Gasteiger partial charge in [-0.25, -0.2) is 0 Å². The van der Waals surface area contributed by atoms with Gasteiger partial charge in [-0.05, 0) is 24.4 Å². The Morgan fingerprint density at radius 3 is 2.95 bits per heavy atom. The van der Waals surface area contributed by atoms with Gasteiger partial charge in [0.25, 0.3) is 0 Å². The summed E-state index contributed by atoms with van der Waals surface area (Å²) >= 11 is 7.92. The Morgan fingerprint density at radius 1 is 1.42 bits per heavy atom. The maximum absolute atomic E-state index is 6.37. The maximum atomic E-state index is 6.37. The number of nitrogens with two attached hydrogens (primary N) is 1. The second-order valence-corrected chi connectivity index (χ2v) is 5.88. The normalized spacial score (nSPS) is 13.0. The molecule has 0 aliphatic carbocycles. The fraction of sp³-hybridized carbons (Fsp3) is 0.214. The average molecular weight is 292 g/mol. The summed E-state index contributed by atoms with van der Waals surface area (Å²) in [5.74, 6) is 0. The lowest BCUT2D eigenvalue weighted by atomic mass is 10.1. The van der Waals surface area contributed by atoms with Gasteiger partial charge in [0.15, 0.2) is 0 Å². The lowest BCUT2D eigenvalue weighted by Crippen LogP contribution is -2.16. The van der Waals surface area contributed by atoms with Gasteiger partial charge < -0.3 is 5.73 Å². The Bertz CT molecular complexity index is 683. The molecule has 1 atom stereocenters. The third-order valence-corrected chi connectivity index (χ3v) is 4.67. The van der Waals surface area contributed by atoms with E-state index in [1.54, 1.807) is 17.5 Å².